The van der Waals surface area contributed by atoms with Crippen molar-refractivity contribution >= 4 is 33.1 Å². The van der Waals surface area contributed by atoms with Crippen LogP contribution in [0.5, 0.6) is 0 Å². The molecule has 2 aromatic carbocycles. The van der Waals surface area contributed by atoms with E-state index >= 15 is 0 Å². The quantitative estimate of drug-likeness (QED) is 0.240. The maximum Gasteiger partial charge on any atom is 0.0970 e. The number of aromatic nitrogens is 3. The first-order valence-electron chi connectivity index (χ1n) is 11.9. The highest BCUT2D eigenvalue weighted by Gasteiger charge is 2.26. The van der Waals surface area contributed by atoms with Gasteiger partial charge in [0.1, 0.15) is 0 Å². The molecule has 168 valence electrons. The molecular weight excluding hydrogens is 446 g/mol. The Labute approximate surface area is 208 Å². The van der Waals surface area contributed by atoms with Crippen LogP contribution in [0.3, 0.4) is 0 Å². The van der Waals surface area contributed by atoms with Gasteiger partial charge in [0.25, 0.3) is 0 Å². The topological polar surface area (TPSA) is 38.7 Å². The summed E-state index contributed by atoms with van der Waals surface area (Å²) in [6, 6.07) is 19.6. The molecule has 0 atom stereocenters. The molecule has 3 nitrogen and oxygen atoms in total. The van der Waals surface area contributed by atoms with Gasteiger partial charge in [0.2, 0.25) is 0 Å². The number of nitrogens with zero attached hydrogens (tertiary/aromatic N) is 3. The molecule has 0 unspecified atom stereocenters. The third-order valence-corrected chi connectivity index (χ3v) is 8.51. The van der Waals surface area contributed by atoms with E-state index in [0.717, 1.165) is 33.9 Å². The maximum atomic E-state index is 4.93. The second-order valence-electron chi connectivity index (χ2n) is 9.35. The van der Waals surface area contributed by atoms with Crippen molar-refractivity contribution in [2.24, 2.45) is 0 Å². The zero-order valence-electron chi connectivity index (χ0n) is 19.9. The summed E-state index contributed by atoms with van der Waals surface area (Å²) in [7, 11) is 0. The summed E-state index contributed by atoms with van der Waals surface area (Å²) < 4.78 is 0. The Balaban J connectivity index is 1.46. The van der Waals surface area contributed by atoms with Gasteiger partial charge in [-0.3, -0.25) is 15.0 Å². The molecule has 4 heterocycles. The van der Waals surface area contributed by atoms with Crippen LogP contribution in [0, 0.1) is 20.8 Å². The van der Waals surface area contributed by atoms with Crippen LogP contribution < -0.4 is 0 Å². The van der Waals surface area contributed by atoms with E-state index < -0.39 is 0 Å². The fourth-order valence-electron chi connectivity index (χ4n) is 5.62. The summed E-state index contributed by atoms with van der Waals surface area (Å²) in [5, 5.41) is 2.24. The molecule has 4 heteroatoms. The van der Waals surface area contributed by atoms with Crippen LogP contribution in [0.4, 0.5) is 0 Å². The normalized spacial score (nSPS) is 12.3. The Hall–Kier alpha value is -3.89. The molecule has 35 heavy (non-hydrogen) atoms. The van der Waals surface area contributed by atoms with Gasteiger partial charge >= 0.3 is 0 Å². The van der Waals surface area contributed by atoms with Gasteiger partial charge in [-0.05, 0) is 84.8 Å². The number of benzene rings is 2. The average Bonchev–Trinajstić information content (AvgIpc) is 3.38. The fraction of sp³-hybridized carbons (Fsp3) is 0.129. The molecule has 0 saturated carbocycles. The zero-order chi connectivity index (χ0) is 23.7. The minimum Gasteiger partial charge on any atom is -0.256 e. The van der Waals surface area contributed by atoms with Crippen LogP contribution in [0.2, 0.25) is 0 Å². The van der Waals surface area contributed by atoms with E-state index in [1.165, 1.54) is 54.3 Å². The summed E-state index contributed by atoms with van der Waals surface area (Å²) >= 11 is 1.87. The highest BCUT2D eigenvalue weighted by Crippen LogP contribution is 2.46. The number of hydrogen-bond acceptors (Lipinski definition) is 4. The molecule has 0 radical (unpaired) electrons. The molecule has 1 aliphatic rings. The molecule has 4 aromatic heterocycles. The lowest BCUT2D eigenvalue weighted by Gasteiger charge is -2.13. The predicted molar refractivity (Wildman–Crippen MR) is 146 cm³/mol. The molecule has 7 rings (SSSR count). The van der Waals surface area contributed by atoms with Crippen LogP contribution in [-0.2, 0) is 6.42 Å². The van der Waals surface area contributed by atoms with Gasteiger partial charge in [-0.25, -0.2) is 0 Å². The Morgan fingerprint density at radius 2 is 1.54 bits per heavy atom. The summed E-state index contributed by atoms with van der Waals surface area (Å²) in [6.07, 6.45) is 6.67. The van der Waals surface area contributed by atoms with Crippen molar-refractivity contribution in [2.45, 2.75) is 27.2 Å². The number of pyridine rings is 3. The van der Waals surface area contributed by atoms with Gasteiger partial charge in [-0.15, -0.1) is 11.3 Å². The third-order valence-electron chi connectivity index (χ3n) is 7.39. The Bertz CT molecular complexity index is 1810. The second-order valence-corrected chi connectivity index (χ2v) is 10.8. The Kier molecular flexibility index (Phi) is 4.42. The van der Waals surface area contributed by atoms with Gasteiger partial charge in [0.05, 0.1) is 16.7 Å². The van der Waals surface area contributed by atoms with Crippen LogP contribution in [0.25, 0.3) is 55.3 Å². The molecule has 0 aliphatic heterocycles. The molecule has 0 amide bonds. The summed E-state index contributed by atoms with van der Waals surface area (Å²) in [6.45, 7) is 6.65. The predicted octanol–water partition coefficient (Wildman–Crippen LogP) is 8.07. The minimum absolute atomic E-state index is 0.948. The van der Waals surface area contributed by atoms with Gasteiger partial charge in [-0.2, -0.15) is 0 Å². The minimum atomic E-state index is 0.948. The first-order chi connectivity index (χ1) is 17.1. The van der Waals surface area contributed by atoms with E-state index in [9.17, 15) is 0 Å². The molecule has 0 N–H and O–H groups in total. The molecule has 0 saturated heterocycles. The molecule has 6 aromatic rings. The summed E-state index contributed by atoms with van der Waals surface area (Å²) in [5.74, 6) is 0. The molecule has 0 fully saturated rings. The van der Waals surface area contributed by atoms with Crippen LogP contribution in [0.15, 0.2) is 73.2 Å². The molecule has 0 spiro atoms. The average molecular weight is 470 g/mol. The highest BCUT2D eigenvalue weighted by molar-refractivity contribution is 7.12. The number of fused-ring (bicyclic) bond motifs is 6. The lowest BCUT2D eigenvalue weighted by molar-refractivity contribution is 1.23. The fourth-order valence-corrected chi connectivity index (χ4v) is 6.69. The van der Waals surface area contributed by atoms with Crippen molar-refractivity contribution in [3.05, 3.63) is 99.6 Å². The summed E-state index contributed by atoms with van der Waals surface area (Å²) in [4.78, 5) is 17.0. The van der Waals surface area contributed by atoms with Crippen molar-refractivity contribution < 1.29 is 0 Å². The van der Waals surface area contributed by atoms with E-state index in [4.69, 9.17) is 9.97 Å². The zero-order valence-corrected chi connectivity index (χ0v) is 20.7. The largest absolute Gasteiger partial charge is 0.256 e. The third kappa shape index (κ3) is 3.00. The number of rotatable bonds is 2. The van der Waals surface area contributed by atoms with E-state index in [2.05, 4.69) is 74.3 Å². The number of aryl methyl sites for hydroxylation is 2. The number of hydrogen-bond donors (Lipinski definition) is 0. The molecular formula is C31H23N3S. The van der Waals surface area contributed by atoms with Gasteiger partial charge < -0.3 is 0 Å². The highest BCUT2D eigenvalue weighted by atomic mass is 32.1. The SMILES string of the molecule is Cc1sc(C)c(-c2nccc3c2-c2cc(-c4ccnc5c4ccc4cccnc45)ccc2C3)c1C. The van der Waals surface area contributed by atoms with Crippen LogP contribution in [0.1, 0.15) is 26.4 Å². The van der Waals surface area contributed by atoms with E-state index in [-0.39, 0.29) is 0 Å². The van der Waals surface area contributed by atoms with Crippen molar-refractivity contribution in [1.82, 2.24) is 15.0 Å². The van der Waals surface area contributed by atoms with Gasteiger partial charge in [0.15, 0.2) is 0 Å². The number of thiophene rings is 1. The first kappa shape index (κ1) is 20.5. The summed E-state index contributed by atoms with van der Waals surface area (Å²) in [5.41, 5.74) is 13.4. The molecule has 1 aliphatic carbocycles. The van der Waals surface area contributed by atoms with Crippen molar-refractivity contribution in [3.8, 4) is 33.5 Å². The maximum absolute atomic E-state index is 4.93. The van der Waals surface area contributed by atoms with Gasteiger partial charge in [0, 0.05) is 50.2 Å². The second kappa shape index (κ2) is 7.56. The van der Waals surface area contributed by atoms with Crippen molar-refractivity contribution in [2.75, 3.05) is 0 Å². The first-order valence-corrected chi connectivity index (χ1v) is 12.7. The standard InChI is InChI=1S/C31H23N3S/c1-17-18(2)35-19(3)27(17)31-28-23(10-13-34-31)15-21-6-7-22(16-26(21)28)24-11-14-33-30-25(24)9-8-20-5-4-12-32-29(20)30/h4-14,16H,15H2,1-3H3. The van der Waals surface area contributed by atoms with Gasteiger partial charge in [-0.1, -0.05) is 30.3 Å². The lowest BCUT2D eigenvalue weighted by Crippen LogP contribution is -1.92. The monoisotopic (exact) mass is 469 g/mol. The van der Waals surface area contributed by atoms with Crippen LogP contribution in [-0.4, -0.2) is 15.0 Å². The van der Waals surface area contributed by atoms with Crippen molar-refractivity contribution in [3.63, 3.8) is 0 Å². The molecule has 0 bridgehead atoms. The van der Waals surface area contributed by atoms with E-state index in [1.54, 1.807) is 0 Å². The van der Waals surface area contributed by atoms with E-state index in [0.29, 0.717) is 0 Å². The lowest BCUT2D eigenvalue weighted by atomic mass is 9.93. The van der Waals surface area contributed by atoms with E-state index in [1.807, 2.05) is 36.0 Å². The van der Waals surface area contributed by atoms with Crippen LogP contribution >= 0.6 is 11.3 Å². The Morgan fingerprint density at radius 3 is 2.40 bits per heavy atom. The Morgan fingerprint density at radius 1 is 0.686 bits per heavy atom. The smallest absolute Gasteiger partial charge is 0.0970 e. The van der Waals surface area contributed by atoms with Crippen molar-refractivity contribution in [1.29, 1.82) is 0 Å².